The summed E-state index contributed by atoms with van der Waals surface area (Å²) in [5, 5.41) is 3.72. The zero-order valence-corrected chi connectivity index (χ0v) is 17.7. The molecular weight excluding hydrogens is 412 g/mol. The van der Waals surface area contributed by atoms with Gasteiger partial charge in [0, 0.05) is 34.0 Å². The van der Waals surface area contributed by atoms with Crippen LogP contribution >= 0.6 is 11.3 Å². The first kappa shape index (κ1) is 19.3. The topological polar surface area (TPSA) is 74.5 Å². The molecule has 0 aliphatic carbocycles. The molecule has 0 N–H and O–H groups in total. The Hall–Kier alpha value is -3.71. The van der Waals surface area contributed by atoms with Crippen LogP contribution in [0.4, 0.5) is 0 Å². The number of hydrogen-bond acceptors (Lipinski definition) is 7. The second-order valence-electron chi connectivity index (χ2n) is 7.12. The fourth-order valence-corrected chi connectivity index (χ4v) is 4.41. The molecule has 0 amide bonds. The largest absolute Gasteiger partial charge is 0.497 e. The lowest BCUT2D eigenvalue weighted by molar-refractivity contribution is 0.298. The number of benzene rings is 2. The molecule has 7 heteroatoms. The van der Waals surface area contributed by atoms with Crippen molar-refractivity contribution in [2.45, 2.75) is 13.5 Å². The summed E-state index contributed by atoms with van der Waals surface area (Å²) in [6.07, 6.45) is 1.50. The number of fused-ring (bicyclic) bond motifs is 2. The van der Waals surface area contributed by atoms with Gasteiger partial charge >= 0.3 is 5.63 Å². The first-order chi connectivity index (χ1) is 15.1. The van der Waals surface area contributed by atoms with E-state index in [9.17, 15) is 4.79 Å². The summed E-state index contributed by atoms with van der Waals surface area (Å²) >= 11 is 1.55. The third kappa shape index (κ3) is 3.64. The van der Waals surface area contributed by atoms with E-state index in [1.807, 2.05) is 12.1 Å². The predicted octanol–water partition coefficient (Wildman–Crippen LogP) is 5.36. The summed E-state index contributed by atoms with van der Waals surface area (Å²) in [7, 11) is 1.57. The number of rotatable bonds is 5. The highest BCUT2D eigenvalue weighted by Crippen LogP contribution is 2.38. The average molecular weight is 430 g/mol. The van der Waals surface area contributed by atoms with Gasteiger partial charge in [-0.1, -0.05) is 29.8 Å². The standard InChI is InChI=1S/C24H18N2O4S/c1-14-3-5-15(6-4-14)19-12-31-24-22(19)23(25-13-26-24)29-11-16-9-21(27)30-20-10-17(28-2)7-8-18(16)20/h3-10,12-13H,11H2,1-2H3. The van der Waals surface area contributed by atoms with E-state index in [2.05, 4.69) is 46.5 Å². The van der Waals surface area contributed by atoms with Crippen LogP contribution in [0, 0.1) is 6.92 Å². The van der Waals surface area contributed by atoms with Crippen molar-refractivity contribution < 1.29 is 13.9 Å². The molecule has 6 nitrogen and oxygen atoms in total. The average Bonchev–Trinajstić information content (AvgIpc) is 3.22. The van der Waals surface area contributed by atoms with Crippen molar-refractivity contribution in [2.75, 3.05) is 7.11 Å². The van der Waals surface area contributed by atoms with E-state index in [-0.39, 0.29) is 6.61 Å². The van der Waals surface area contributed by atoms with E-state index in [1.165, 1.54) is 18.0 Å². The Morgan fingerprint density at radius 1 is 1.06 bits per heavy atom. The lowest BCUT2D eigenvalue weighted by atomic mass is 10.0. The molecule has 0 unspecified atom stereocenters. The lowest BCUT2D eigenvalue weighted by Crippen LogP contribution is -2.05. The van der Waals surface area contributed by atoms with Crippen LogP contribution in [0.5, 0.6) is 11.6 Å². The molecule has 0 spiro atoms. The summed E-state index contributed by atoms with van der Waals surface area (Å²) in [5.41, 5.74) is 4.03. The summed E-state index contributed by atoms with van der Waals surface area (Å²) in [5.74, 6) is 1.10. The maximum absolute atomic E-state index is 12.1. The zero-order chi connectivity index (χ0) is 21.4. The molecular formula is C24H18N2O4S. The summed E-state index contributed by atoms with van der Waals surface area (Å²) in [4.78, 5) is 21.7. The molecule has 0 saturated carbocycles. The van der Waals surface area contributed by atoms with Crippen molar-refractivity contribution >= 4 is 32.5 Å². The van der Waals surface area contributed by atoms with Crippen molar-refractivity contribution in [1.29, 1.82) is 0 Å². The Morgan fingerprint density at radius 2 is 1.90 bits per heavy atom. The van der Waals surface area contributed by atoms with Gasteiger partial charge in [-0.3, -0.25) is 0 Å². The van der Waals surface area contributed by atoms with Crippen molar-refractivity contribution in [3.63, 3.8) is 0 Å². The first-order valence-electron chi connectivity index (χ1n) is 9.65. The second kappa shape index (κ2) is 7.85. The third-order valence-electron chi connectivity index (χ3n) is 5.10. The molecule has 0 bridgehead atoms. The van der Waals surface area contributed by atoms with Gasteiger partial charge in [0.1, 0.15) is 29.1 Å². The van der Waals surface area contributed by atoms with Gasteiger partial charge < -0.3 is 13.9 Å². The third-order valence-corrected chi connectivity index (χ3v) is 5.99. The highest BCUT2D eigenvalue weighted by Gasteiger charge is 2.15. The van der Waals surface area contributed by atoms with E-state index >= 15 is 0 Å². The minimum atomic E-state index is -0.442. The molecule has 0 saturated heterocycles. The van der Waals surface area contributed by atoms with Crippen molar-refractivity contribution in [3.05, 3.63) is 81.8 Å². The smallest absolute Gasteiger partial charge is 0.336 e. The molecule has 5 aromatic rings. The maximum atomic E-state index is 12.1. The van der Waals surface area contributed by atoms with Gasteiger partial charge in [-0.15, -0.1) is 11.3 Å². The first-order valence-corrected chi connectivity index (χ1v) is 10.5. The monoisotopic (exact) mass is 430 g/mol. The Balaban J connectivity index is 1.54. The molecule has 31 heavy (non-hydrogen) atoms. The van der Waals surface area contributed by atoms with Crippen molar-refractivity contribution in [2.24, 2.45) is 0 Å². The number of hydrogen-bond donors (Lipinski definition) is 0. The number of aryl methyl sites for hydroxylation is 1. The number of ether oxygens (including phenoxy) is 2. The Bertz CT molecular complexity index is 1450. The highest BCUT2D eigenvalue weighted by molar-refractivity contribution is 7.17. The number of nitrogens with zero attached hydrogens (tertiary/aromatic N) is 2. The van der Waals surface area contributed by atoms with Crippen LogP contribution in [0.15, 0.2) is 69.5 Å². The minimum absolute atomic E-state index is 0.170. The second-order valence-corrected chi connectivity index (χ2v) is 7.97. The Kier molecular flexibility index (Phi) is 4.88. The van der Waals surface area contributed by atoms with Crippen LogP contribution < -0.4 is 15.1 Å². The van der Waals surface area contributed by atoms with Crippen molar-refractivity contribution in [3.8, 4) is 22.8 Å². The van der Waals surface area contributed by atoms with E-state index in [1.54, 1.807) is 24.5 Å². The number of aromatic nitrogens is 2. The summed E-state index contributed by atoms with van der Waals surface area (Å²) in [6.45, 7) is 2.23. The van der Waals surface area contributed by atoms with Gasteiger partial charge in [0.05, 0.1) is 12.5 Å². The van der Waals surface area contributed by atoms with Gasteiger partial charge in [-0.05, 0) is 24.6 Å². The molecule has 3 aromatic heterocycles. The molecule has 0 radical (unpaired) electrons. The van der Waals surface area contributed by atoms with E-state index < -0.39 is 5.63 Å². The normalized spacial score (nSPS) is 11.2. The van der Waals surface area contributed by atoms with Crippen LogP contribution in [0.2, 0.25) is 0 Å². The lowest BCUT2D eigenvalue weighted by Gasteiger charge is -2.10. The van der Waals surface area contributed by atoms with Gasteiger partial charge in [0.2, 0.25) is 5.88 Å². The fraction of sp³-hybridized carbons (Fsp3) is 0.125. The minimum Gasteiger partial charge on any atom is -0.497 e. The van der Waals surface area contributed by atoms with E-state index in [0.29, 0.717) is 22.8 Å². The van der Waals surface area contributed by atoms with Crippen molar-refractivity contribution in [1.82, 2.24) is 9.97 Å². The number of thiophene rings is 1. The van der Waals surface area contributed by atoms with Gasteiger partial charge in [-0.2, -0.15) is 0 Å². The maximum Gasteiger partial charge on any atom is 0.336 e. The SMILES string of the molecule is COc1ccc2c(COc3ncnc4scc(-c5ccc(C)cc5)c34)cc(=O)oc2c1. The Morgan fingerprint density at radius 3 is 2.71 bits per heavy atom. The summed E-state index contributed by atoms with van der Waals surface area (Å²) < 4.78 is 16.7. The molecule has 154 valence electrons. The van der Waals surface area contributed by atoms with Gasteiger partial charge in [0.15, 0.2) is 0 Å². The van der Waals surface area contributed by atoms with Crippen LogP contribution in [0.25, 0.3) is 32.3 Å². The van der Waals surface area contributed by atoms with Crippen LogP contribution in [-0.2, 0) is 6.61 Å². The molecule has 0 aliphatic rings. The quantitative estimate of drug-likeness (QED) is 0.350. The summed E-state index contributed by atoms with van der Waals surface area (Å²) in [6, 6.07) is 15.1. The Labute approximate surface area is 181 Å². The molecule has 3 heterocycles. The highest BCUT2D eigenvalue weighted by atomic mass is 32.1. The van der Waals surface area contributed by atoms with Crippen LogP contribution in [0.1, 0.15) is 11.1 Å². The zero-order valence-electron chi connectivity index (χ0n) is 16.9. The molecule has 2 aromatic carbocycles. The van der Waals surface area contributed by atoms with Gasteiger partial charge in [0.25, 0.3) is 0 Å². The van der Waals surface area contributed by atoms with Crippen LogP contribution in [-0.4, -0.2) is 17.1 Å². The van der Waals surface area contributed by atoms with E-state index in [0.717, 1.165) is 26.7 Å². The fourth-order valence-electron chi connectivity index (χ4n) is 3.51. The number of methoxy groups -OCH3 is 1. The van der Waals surface area contributed by atoms with E-state index in [4.69, 9.17) is 13.9 Å². The molecule has 5 rings (SSSR count). The molecule has 0 aliphatic heterocycles. The molecule has 0 atom stereocenters. The van der Waals surface area contributed by atoms with Gasteiger partial charge in [-0.25, -0.2) is 14.8 Å². The van der Waals surface area contributed by atoms with Crippen LogP contribution in [0.3, 0.4) is 0 Å². The predicted molar refractivity (Wildman–Crippen MR) is 121 cm³/mol. The molecule has 0 fully saturated rings.